The highest BCUT2D eigenvalue weighted by Gasteiger charge is 2.21. The quantitative estimate of drug-likeness (QED) is 0.298. The van der Waals surface area contributed by atoms with Crippen LogP contribution in [-0.2, 0) is 0 Å². The number of aromatic nitrogens is 2. The highest BCUT2D eigenvalue weighted by Crippen LogP contribution is 2.39. The molecule has 3 aromatic heterocycles. The lowest BCUT2D eigenvalue weighted by Crippen LogP contribution is -2.33. The molecule has 9 heteroatoms. The maximum atomic E-state index is 12.2. The van der Waals surface area contributed by atoms with E-state index in [-0.39, 0.29) is 6.10 Å². The van der Waals surface area contributed by atoms with Gasteiger partial charge < -0.3 is 15.2 Å². The molecule has 5 rings (SSSR count). The summed E-state index contributed by atoms with van der Waals surface area (Å²) in [4.78, 5) is 20.4. The number of nitrogens with two attached hydrogens (primary N) is 1. The Morgan fingerprint density at radius 3 is 2.78 bits per heavy atom. The van der Waals surface area contributed by atoms with Crippen LogP contribution in [0, 0.1) is 0 Å². The van der Waals surface area contributed by atoms with Gasteiger partial charge in [0.25, 0.3) is 5.91 Å². The van der Waals surface area contributed by atoms with E-state index >= 15 is 0 Å². The zero-order valence-electron chi connectivity index (χ0n) is 20.2. The maximum absolute atomic E-state index is 12.2. The second-order valence-corrected chi connectivity index (χ2v) is 10.4. The van der Waals surface area contributed by atoms with Crippen LogP contribution in [-0.4, -0.2) is 46.4 Å². The maximum Gasteiger partial charge on any atom is 0.262 e. The first-order valence-electron chi connectivity index (χ1n) is 12.2. The van der Waals surface area contributed by atoms with Crippen LogP contribution >= 0.6 is 22.9 Å². The first-order chi connectivity index (χ1) is 17.5. The Bertz CT molecular complexity index is 1360. The van der Waals surface area contributed by atoms with Crippen molar-refractivity contribution in [3.63, 3.8) is 0 Å². The van der Waals surface area contributed by atoms with Crippen LogP contribution in [0.25, 0.3) is 16.2 Å². The van der Waals surface area contributed by atoms with Gasteiger partial charge in [-0.15, -0.1) is 11.3 Å². The summed E-state index contributed by atoms with van der Waals surface area (Å²) in [6.07, 6.45) is 7.21. The lowest BCUT2D eigenvalue weighted by molar-refractivity contribution is 0.0998. The van der Waals surface area contributed by atoms with E-state index in [9.17, 15) is 4.79 Å². The molecule has 1 atom stereocenters. The van der Waals surface area contributed by atoms with Crippen molar-refractivity contribution in [2.75, 3.05) is 26.2 Å². The number of carbonyl (C=O) groups is 1. The number of ether oxygens (including phenoxy) is 2. The molecular weight excluding hydrogens is 496 g/mol. The van der Waals surface area contributed by atoms with Crippen molar-refractivity contribution in [3.05, 3.63) is 70.3 Å². The van der Waals surface area contributed by atoms with Crippen molar-refractivity contribution in [1.82, 2.24) is 14.3 Å². The number of halogens is 1. The van der Waals surface area contributed by atoms with Crippen LogP contribution in [0.15, 0.2) is 54.9 Å². The van der Waals surface area contributed by atoms with Gasteiger partial charge in [0.2, 0.25) is 0 Å². The fraction of sp³-hybridized carbons (Fsp3) is 0.333. The summed E-state index contributed by atoms with van der Waals surface area (Å²) < 4.78 is 14.2. The number of hydrogen-bond acceptors (Lipinski definition) is 6. The lowest BCUT2D eigenvalue weighted by Gasteiger charge is -2.26. The summed E-state index contributed by atoms with van der Waals surface area (Å²) >= 11 is 7.62. The third-order valence-corrected chi connectivity index (χ3v) is 7.92. The van der Waals surface area contributed by atoms with Gasteiger partial charge in [0.15, 0.2) is 0 Å². The fourth-order valence-corrected chi connectivity index (χ4v) is 5.76. The minimum Gasteiger partial charge on any atom is -0.491 e. The van der Waals surface area contributed by atoms with Gasteiger partial charge in [0, 0.05) is 23.2 Å². The second kappa shape index (κ2) is 10.9. The monoisotopic (exact) mass is 524 g/mol. The van der Waals surface area contributed by atoms with Crippen molar-refractivity contribution < 1.29 is 14.3 Å². The zero-order valence-corrected chi connectivity index (χ0v) is 21.7. The van der Waals surface area contributed by atoms with E-state index in [1.54, 1.807) is 6.20 Å². The number of carbonyl (C=O) groups excluding carboxylic acids is 1. The number of likely N-dealkylation sites (tertiary alicyclic amines) is 1. The van der Waals surface area contributed by atoms with Gasteiger partial charge >= 0.3 is 0 Å². The summed E-state index contributed by atoms with van der Waals surface area (Å²) in [7, 11) is 0. The molecule has 1 saturated heterocycles. The Balaban J connectivity index is 1.37. The molecule has 7 nitrogen and oxygen atoms in total. The standard InChI is InChI=1S/C27H29ClN4O3S/c1-18(20-7-3-4-8-21(20)28)35-23-15-24(36-26(23)27(29)33)22-16-30-25-10-9-19(17-32(22)25)34-14-13-31-11-5-2-6-12-31/h3-4,7-10,15-18H,2,5-6,11-14H2,1H3,(H2,29,33). The Labute approximate surface area is 219 Å². The van der Waals surface area contributed by atoms with Crippen molar-refractivity contribution in [3.8, 4) is 22.1 Å². The number of primary amides is 1. The molecule has 2 N–H and O–H groups in total. The number of piperidine rings is 1. The number of fused-ring (bicyclic) bond motifs is 1. The van der Waals surface area contributed by atoms with Crippen LogP contribution in [0.2, 0.25) is 5.02 Å². The fourth-order valence-electron chi connectivity index (χ4n) is 4.52. The number of imidazole rings is 1. The van der Waals surface area contributed by atoms with Crippen molar-refractivity contribution in [2.24, 2.45) is 5.73 Å². The first kappa shape index (κ1) is 24.6. The summed E-state index contributed by atoms with van der Waals surface area (Å²) in [5.74, 6) is 0.663. The van der Waals surface area contributed by atoms with Gasteiger partial charge in [-0.3, -0.25) is 14.1 Å². The average molecular weight is 525 g/mol. The molecule has 1 aliphatic rings. The molecule has 1 aromatic carbocycles. The minimum absolute atomic E-state index is 0.354. The number of amides is 1. The largest absolute Gasteiger partial charge is 0.491 e. The van der Waals surface area contributed by atoms with E-state index in [1.165, 1.54) is 30.6 Å². The smallest absolute Gasteiger partial charge is 0.262 e. The van der Waals surface area contributed by atoms with E-state index in [0.29, 0.717) is 22.3 Å². The molecule has 1 unspecified atom stereocenters. The molecule has 188 valence electrons. The molecule has 1 aliphatic heterocycles. The number of hydrogen-bond donors (Lipinski definition) is 1. The van der Waals surface area contributed by atoms with Crippen LogP contribution in [0.4, 0.5) is 0 Å². The number of nitrogens with zero attached hydrogens (tertiary/aromatic N) is 3. The Kier molecular flexibility index (Phi) is 7.46. The SMILES string of the molecule is CC(Oc1cc(-c2cnc3ccc(OCCN4CCCCC4)cn23)sc1C(N)=O)c1ccccc1Cl. The molecule has 0 spiro atoms. The minimum atomic E-state index is -0.539. The predicted octanol–water partition coefficient (Wildman–Crippen LogP) is 5.82. The normalized spacial score (nSPS) is 15.2. The molecule has 1 fully saturated rings. The molecule has 0 aliphatic carbocycles. The number of benzene rings is 1. The van der Waals surface area contributed by atoms with Crippen LogP contribution < -0.4 is 15.2 Å². The number of rotatable bonds is 9. The molecular formula is C27H29ClN4O3S. The van der Waals surface area contributed by atoms with Gasteiger partial charge in [-0.25, -0.2) is 4.98 Å². The zero-order chi connectivity index (χ0) is 25.1. The third kappa shape index (κ3) is 5.36. The van der Waals surface area contributed by atoms with E-state index in [2.05, 4.69) is 9.88 Å². The molecule has 4 heterocycles. The van der Waals surface area contributed by atoms with Gasteiger partial charge in [-0.1, -0.05) is 36.2 Å². The number of pyridine rings is 1. The molecule has 4 aromatic rings. The Hall–Kier alpha value is -3.07. The predicted molar refractivity (Wildman–Crippen MR) is 143 cm³/mol. The van der Waals surface area contributed by atoms with Crippen molar-refractivity contribution in [1.29, 1.82) is 0 Å². The third-order valence-electron chi connectivity index (χ3n) is 6.42. The first-order valence-corrected chi connectivity index (χ1v) is 13.4. The summed E-state index contributed by atoms with van der Waals surface area (Å²) in [5.41, 5.74) is 8.15. The van der Waals surface area contributed by atoms with Gasteiger partial charge in [0.05, 0.1) is 23.0 Å². The van der Waals surface area contributed by atoms with Crippen LogP contribution in [0.1, 0.15) is 47.5 Å². The molecule has 36 heavy (non-hydrogen) atoms. The summed E-state index contributed by atoms with van der Waals surface area (Å²) in [5, 5.41) is 0.607. The van der Waals surface area contributed by atoms with Gasteiger partial charge in [0.1, 0.15) is 34.7 Å². The highest BCUT2D eigenvalue weighted by molar-refractivity contribution is 7.17. The summed E-state index contributed by atoms with van der Waals surface area (Å²) in [6.45, 7) is 5.75. The van der Waals surface area contributed by atoms with Crippen LogP contribution in [0.3, 0.4) is 0 Å². The Morgan fingerprint density at radius 2 is 2.00 bits per heavy atom. The highest BCUT2D eigenvalue weighted by atomic mass is 35.5. The molecule has 0 radical (unpaired) electrons. The topological polar surface area (TPSA) is 82.1 Å². The number of thiophene rings is 1. The average Bonchev–Trinajstić information content (AvgIpc) is 3.49. The van der Waals surface area contributed by atoms with E-state index < -0.39 is 5.91 Å². The Morgan fingerprint density at radius 1 is 1.19 bits per heavy atom. The van der Waals surface area contributed by atoms with Crippen molar-refractivity contribution >= 4 is 34.5 Å². The molecule has 1 amide bonds. The molecule has 0 bridgehead atoms. The lowest BCUT2D eigenvalue weighted by atomic mass is 10.1. The van der Waals surface area contributed by atoms with E-state index in [1.807, 2.05) is 60.0 Å². The van der Waals surface area contributed by atoms with Crippen molar-refractivity contribution in [2.45, 2.75) is 32.3 Å². The van der Waals surface area contributed by atoms with Gasteiger partial charge in [-0.2, -0.15) is 0 Å². The molecule has 0 saturated carbocycles. The van der Waals surface area contributed by atoms with Crippen LogP contribution in [0.5, 0.6) is 11.5 Å². The van der Waals surface area contributed by atoms with E-state index in [0.717, 1.165) is 47.2 Å². The van der Waals surface area contributed by atoms with Gasteiger partial charge in [-0.05, 0) is 51.1 Å². The van der Waals surface area contributed by atoms with E-state index in [4.69, 9.17) is 26.8 Å². The summed E-state index contributed by atoms with van der Waals surface area (Å²) in [6, 6.07) is 13.2. The second-order valence-electron chi connectivity index (χ2n) is 8.94.